The summed E-state index contributed by atoms with van der Waals surface area (Å²) in [5, 5.41) is 15.4. The molecule has 1 aliphatic heterocycles. The molecule has 1 aromatic rings. The summed E-state index contributed by atoms with van der Waals surface area (Å²) in [5.74, 6) is 0.563. The van der Waals surface area contributed by atoms with E-state index in [0.29, 0.717) is 19.4 Å². The normalized spacial score (nSPS) is 22.0. The summed E-state index contributed by atoms with van der Waals surface area (Å²) in [4.78, 5) is 26.0. The van der Waals surface area contributed by atoms with Crippen LogP contribution in [-0.4, -0.2) is 74.4 Å². The van der Waals surface area contributed by atoms with Gasteiger partial charge in [0.1, 0.15) is 11.9 Å². The third-order valence-electron chi connectivity index (χ3n) is 4.66. The van der Waals surface area contributed by atoms with Gasteiger partial charge in [0.15, 0.2) is 0 Å². The molecule has 1 fully saturated rings. The summed E-state index contributed by atoms with van der Waals surface area (Å²) in [6, 6.07) is 7.26. The highest BCUT2D eigenvalue weighted by Gasteiger charge is 2.32. The molecular formula is C20H31N3O5. The Morgan fingerprint density at radius 2 is 1.93 bits per heavy atom. The molecule has 1 heterocycles. The third kappa shape index (κ3) is 7.10. The van der Waals surface area contributed by atoms with E-state index in [9.17, 15) is 14.7 Å². The number of nitrogens with zero attached hydrogens (tertiary/aromatic N) is 1. The Bertz CT molecular complexity index is 635. The average molecular weight is 393 g/mol. The van der Waals surface area contributed by atoms with E-state index in [1.54, 1.807) is 12.0 Å². The highest BCUT2D eigenvalue weighted by molar-refractivity contribution is 5.78. The number of likely N-dealkylation sites (N-methyl/N-ethyl adjacent to an activating group) is 1. The number of nitrogens with one attached hydrogen (secondary N) is 2. The lowest BCUT2D eigenvalue weighted by molar-refractivity contribution is -0.136. The summed E-state index contributed by atoms with van der Waals surface area (Å²) in [7, 11) is 5.25. The van der Waals surface area contributed by atoms with Gasteiger partial charge in [-0.1, -0.05) is 12.1 Å². The standard InChI is InChI=1S/C20H31N3O5/c1-23(2)12-20(26)22-17-9-8-16(28-18(17)13-24)10-19(25)21-11-14-4-6-15(27-3)7-5-14/h4-7,16-18,24H,8-13H2,1-3H3,(H,21,25)(H,22,26)/t16-,17+,18-/m0/s1. The van der Waals surface area contributed by atoms with Gasteiger partial charge in [0.2, 0.25) is 11.8 Å². The second-order valence-corrected chi connectivity index (χ2v) is 7.30. The number of methoxy groups -OCH3 is 1. The summed E-state index contributed by atoms with van der Waals surface area (Å²) < 4.78 is 11.0. The van der Waals surface area contributed by atoms with Gasteiger partial charge in [0.25, 0.3) is 0 Å². The number of carbonyl (C=O) groups is 2. The Hall–Kier alpha value is -2.16. The van der Waals surface area contributed by atoms with Crippen molar-refractivity contribution < 1.29 is 24.2 Å². The number of hydrogen-bond donors (Lipinski definition) is 3. The van der Waals surface area contributed by atoms with Gasteiger partial charge >= 0.3 is 0 Å². The summed E-state index contributed by atoms with van der Waals surface area (Å²) in [6.07, 6.45) is 0.778. The molecule has 0 aromatic heterocycles. The van der Waals surface area contributed by atoms with Crippen molar-refractivity contribution in [2.75, 3.05) is 34.4 Å². The molecule has 3 atom stereocenters. The molecule has 0 aliphatic carbocycles. The maximum atomic E-state index is 12.2. The molecule has 0 spiro atoms. The maximum Gasteiger partial charge on any atom is 0.234 e. The van der Waals surface area contributed by atoms with Gasteiger partial charge in [0.05, 0.1) is 38.8 Å². The van der Waals surface area contributed by atoms with Crippen LogP contribution in [-0.2, 0) is 20.9 Å². The molecular weight excluding hydrogens is 362 g/mol. The van der Waals surface area contributed by atoms with Gasteiger partial charge in [-0.15, -0.1) is 0 Å². The quantitative estimate of drug-likeness (QED) is 0.558. The minimum Gasteiger partial charge on any atom is -0.497 e. The van der Waals surface area contributed by atoms with Crippen molar-refractivity contribution in [3.05, 3.63) is 29.8 Å². The van der Waals surface area contributed by atoms with E-state index in [1.807, 2.05) is 38.4 Å². The van der Waals surface area contributed by atoms with Crippen molar-refractivity contribution >= 4 is 11.8 Å². The summed E-state index contributed by atoms with van der Waals surface area (Å²) >= 11 is 0. The molecule has 28 heavy (non-hydrogen) atoms. The SMILES string of the molecule is COc1ccc(CNC(=O)C[C@@H]2CC[C@@H](NC(=O)CN(C)C)[C@H](CO)O2)cc1. The van der Waals surface area contributed by atoms with E-state index in [1.165, 1.54) is 0 Å². The molecule has 0 saturated carbocycles. The Labute approximate surface area is 166 Å². The fourth-order valence-electron chi connectivity index (χ4n) is 3.21. The highest BCUT2D eigenvalue weighted by Crippen LogP contribution is 2.22. The molecule has 3 N–H and O–H groups in total. The van der Waals surface area contributed by atoms with Crippen LogP contribution < -0.4 is 15.4 Å². The van der Waals surface area contributed by atoms with E-state index in [-0.39, 0.29) is 43.5 Å². The van der Waals surface area contributed by atoms with Gasteiger partial charge < -0.3 is 30.1 Å². The van der Waals surface area contributed by atoms with Gasteiger partial charge in [0, 0.05) is 6.54 Å². The van der Waals surface area contributed by atoms with E-state index in [4.69, 9.17) is 9.47 Å². The lowest BCUT2D eigenvalue weighted by atomic mass is 9.97. The second kappa shape index (κ2) is 11.0. The van der Waals surface area contributed by atoms with Gasteiger partial charge in [-0.25, -0.2) is 0 Å². The number of amides is 2. The molecule has 0 radical (unpaired) electrons. The van der Waals surface area contributed by atoms with Crippen LogP contribution in [0.1, 0.15) is 24.8 Å². The van der Waals surface area contributed by atoms with Crippen molar-refractivity contribution in [1.29, 1.82) is 0 Å². The number of aliphatic hydroxyl groups is 1. The minimum absolute atomic E-state index is 0.104. The van der Waals surface area contributed by atoms with Crippen LogP contribution in [0.2, 0.25) is 0 Å². The van der Waals surface area contributed by atoms with Crippen molar-refractivity contribution in [3.8, 4) is 5.75 Å². The molecule has 2 amide bonds. The summed E-state index contributed by atoms with van der Waals surface area (Å²) in [5.41, 5.74) is 0.982. The largest absolute Gasteiger partial charge is 0.497 e. The molecule has 1 saturated heterocycles. The van der Waals surface area contributed by atoms with Crippen LogP contribution in [0.25, 0.3) is 0 Å². The molecule has 8 nitrogen and oxygen atoms in total. The number of hydrogen-bond acceptors (Lipinski definition) is 6. The lowest BCUT2D eigenvalue weighted by Crippen LogP contribution is -2.52. The van der Waals surface area contributed by atoms with Crippen LogP contribution in [0.3, 0.4) is 0 Å². The zero-order valence-corrected chi connectivity index (χ0v) is 16.8. The van der Waals surface area contributed by atoms with Crippen LogP contribution >= 0.6 is 0 Å². The Morgan fingerprint density at radius 3 is 2.54 bits per heavy atom. The van der Waals surface area contributed by atoms with Crippen molar-refractivity contribution in [2.45, 2.75) is 44.1 Å². The smallest absolute Gasteiger partial charge is 0.234 e. The molecule has 2 rings (SSSR count). The second-order valence-electron chi connectivity index (χ2n) is 7.30. The van der Waals surface area contributed by atoms with E-state index >= 15 is 0 Å². The summed E-state index contributed by atoms with van der Waals surface area (Å²) in [6.45, 7) is 0.519. The van der Waals surface area contributed by atoms with Crippen molar-refractivity contribution in [1.82, 2.24) is 15.5 Å². The third-order valence-corrected chi connectivity index (χ3v) is 4.66. The van der Waals surface area contributed by atoms with Crippen LogP contribution in [0.15, 0.2) is 24.3 Å². The van der Waals surface area contributed by atoms with Gasteiger partial charge in [-0.3, -0.25) is 9.59 Å². The predicted molar refractivity (Wildman–Crippen MR) is 105 cm³/mol. The number of ether oxygens (including phenoxy) is 2. The van der Waals surface area contributed by atoms with Crippen LogP contribution in [0, 0.1) is 0 Å². The Kier molecular flexibility index (Phi) is 8.69. The monoisotopic (exact) mass is 393 g/mol. The van der Waals surface area contributed by atoms with Crippen molar-refractivity contribution in [3.63, 3.8) is 0 Å². The van der Waals surface area contributed by atoms with E-state index < -0.39 is 6.10 Å². The first-order valence-corrected chi connectivity index (χ1v) is 9.51. The first-order chi connectivity index (χ1) is 13.4. The predicted octanol–water partition coefficient (Wildman–Crippen LogP) is 0.288. The van der Waals surface area contributed by atoms with Crippen LogP contribution in [0.4, 0.5) is 0 Å². The van der Waals surface area contributed by atoms with E-state index in [2.05, 4.69) is 10.6 Å². The lowest BCUT2D eigenvalue weighted by Gasteiger charge is -2.36. The number of carbonyl (C=O) groups excluding carboxylic acids is 2. The van der Waals surface area contributed by atoms with E-state index in [0.717, 1.165) is 11.3 Å². The first kappa shape index (κ1) is 22.1. The van der Waals surface area contributed by atoms with Crippen molar-refractivity contribution in [2.24, 2.45) is 0 Å². The number of aliphatic hydroxyl groups excluding tert-OH is 1. The Morgan fingerprint density at radius 1 is 1.21 bits per heavy atom. The molecule has 1 aromatic carbocycles. The highest BCUT2D eigenvalue weighted by atomic mass is 16.5. The van der Waals surface area contributed by atoms with Crippen LogP contribution in [0.5, 0.6) is 5.75 Å². The molecule has 0 bridgehead atoms. The van der Waals surface area contributed by atoms with Gasteiger partial charge in [-0.2, -0.15) is 0 Å². The first-order valence-electron chi connectivity index (χ1n) is 9.51. The zero-order valence-electron chi connectivity index (χ0n) is 16.8. The molecule has 156 valence electrons. The molecule has 0 unspecified atom stereocenters. The fraction of sp³-hybridized carbons (Fsp3) is 0.600. The molecule has 8 heteroatoms. The average Bonchev–Trinajstić information content (AvgIpc) is 2.67. The zero-order chi connectivity index (χ0) is 20.5. The maximum absolute atomic E-state index is 12.2. The van der Waals surface area contributed by atoms with Gasteiger partial charge in [-0.05, 0) is 44.6 Å². The number of rotatable bonds is 9. The fourth-order valence-corrected chi connectivity index (χ4v) is 3.21. The minimum atomic E-state index is -0.501. The topological polar surface area (TPSA) is 100 Å². The Balaban J connectivity index is 1.76. The molecule has 1 aliphatic rings. The number of benzene rings is 1.